The van der Waals surface area contributed by atoms with Crippen LogP contribution in [0.1, 0.15) is 50.2 Å². The third kappa shape index (κ3) is 4.07. The Morgan fingerprint density at radius 2 is 1.74 bits per heavy atom. The smallest absolute Gasteiger partial charge is 0.407 e. The van der Waals surface area contributed by atoms with E-state index in [-0.39, 0.29) is 23.8 Å². The average Bonchev–Trinajstić information content (AvgIpc) is 3.51. The van der Waals surface area contributed by atoms with Crippen molar-refractivity contribution in [2.24, 2.45) is 5.41 Å². The van der Waals surface area contributed by atoms with Crippen LogP contribution in [0.25, 0.3) is 11.1 Å². The van der Waals surface area contributed by atoms with Gasteiger partial charge in [-0.2, -0.15) is 0 Å². The highest BCUT2D eigenvalue weighted by Gasteiger charge is 2.52. The number of rotatable bonds is 5. The summed E-state index contributed by atoms with van der Waals surface area (Å²) < 4.78 is 5.71. The van der Waals surface area contributed by atoms with Crippen molar-refractivity contribution < 1.29 is 24.2 Å². The Morgan fingerprint density at radius 3 is 2.37 bits per heavy atom. The molecule has 5 rings (SSSR count). The van der Waals surface area contributed by atoms with Crippen molar-refractivity contribution in [1.29, 1.82) is 0 Å². The molecule has 2 aromatic carbocycles. The molecule has 1 heterocycles. The summed E-state index contributed by atoms with van der Waals surface area (Å²) in [5.74, 6) is -0.853. The molecule has 8 heteroatoms. The number of benzene rings is 2. The van der Waals surface area contributed by atoms with Gasteiger partial charge in [0.05, 0.1) is 10.8 Å². The normalized spacial score (nSPS) is 27.4. The minimum atomic E-state index is -0.988. The Balaban J connectivity index is 1.27. The van der Waals surface area contributed by atoms with Crippen LogP contribution < -0.4 is 5.32 Å². The number of amides is 2. The molecule has 4 unspecified atom stereocenters. The van der Waals surface area contributed by atoms with Gasteiger partial charge >= 0.3 is 12.1 Å². The van der Waals surface area contributed by atoms with Crippen molar-refractivity contribution >= 4 is 29.7 Å². The number of alkyl carbamates (subject to hydrolysis) is 1. The molecule has 1 saturated carbocycles. The number of nitrogens with zero attached hydrogens (tertiary/aromatic N) is 1. The van der Waals surface area contributed by atoms with E-state index in [1.54, 1.807) is 0 Å². The molecule has 2 amide bonds. The molecule has 0 spiro atoms. The lowest BCUT2D eigenvalue weighted by molar-refractivity contribution is -0.154. The highest BCUT2D eigenvalue weighted by atomic mass is 32.2. The maximum atomic E-state index is 13.6. The number of carbonyl (C=O) groups is 3. The summed E-state index contributed by atoms with van der Waals surface area (Å²) in [5.41, 5.74) is 3.75. The molecule has 184 valence electrons. The number of ether oxygens (including phenoxy) is 1. The molecule has 0 bridgehead atoms. The Hall–Kier alpha value is -3.00. The van der Waals surface area contributed by atoms with Crippen LogP contribution in [0.4, 0.5) is 4.79 Å². The Bertz CT molecular complexity index is 1120. The largest absolute Gasteiger partial charge is 0.480 e. The van der Waals surface area contributed by atoms with Crippen LogP contribution in [0.3, 0.4) is 0 Å². The zero-order valence-electron chi connectivity index (χ0n) is 19.9. The van der Waals surface area contributed by atoms with Gasteiger partial charge in [-0.05, 0) is 48.9 Å². The van der Waals surface area contributed by atoms with Gasteiger partial charge in [0, 0.05) is 17.7 Å². The lowest BCUT2D eigenvalue weighted by Crippen LogP contribution is -2.56. The number of hydrogen-bond donors (Lipinski definition) is 2. The third-order valence-electron chi connectivity index (χ3n) is 7.82. The maximum absolute atomic E-state index is 13.6. The summed E-state index contributed by atoms with van der Waals surface area (Å²) in [4.78, 5) is 39.7. The van der Waals surface area contributed by atoms with Crippen LogP contribution >= 0.6 is 11.8 Å². The van der Waals surface area contributed by atoms with E-state index in [0.29, 0.717) is 18.6 Å². The minimum absolute atomic E-state index is 0.0384. The van der Waals surface area contributed by atoms with Crippen molar-refractivity contribution in [2.75, 3.05) is 12.4 Å². The van der Waals surface area contributed by atoms with E-state index < -0.39 is 29.6 Å². The second-order valence-corrected chi connectivity index (χ2v) is 11.2. The van der Waals surface area contributed by atoms with Crippen molar-refractivity contribution in [3.05, 3.63) is 59.7 Å². The van der Waals surface area contributed by atoms with E-state index in [9.17, 15) is 19.5 Å². The zero-order chi connectivity index (χ0) is 24.7. The molecule has 3 aliphatic rings. The van der Waals surface area contributed by atoms with Gasteiger partial charge in [0.1, 0.15) is 12.6 Å². The van der Waals surface area contributed by atoms with Gasteiger partial charge in [-0.1, -0.05) is 55.0 Å². The molecule has 0 aromatic heterocycles. The number of aliphatic carboxylic acids is 1. The van der Waals surface area contributed by atoms with Crippen LogP contribution in [-0.2, 0) is 14.3 Å². The Kier molecular flexibility index (Phi) is 6.25. The summed E-state index contributed by atoms with van der Waals surface area (Å²) in [7, 11) is 0. The van der Waals surface area contributed by atoms with Crippen molar-refractivity contribution in [2.45, 2.75) is 56.5 Å². The van der Waals surface area contributed by atoms with Gasteiger partial charge in [0.15, 0.2) is 0 Å². The van der Waals surface area contributed by atoms with Crippen molar-refractivity contribution in [1.82, 2.24) is 10.2 Å². The molecule has 0 radical (unpaired) electrons. The summed E-state index contributed by atoms with van der Waals surface area (Å²) in [6, 6.07) is 15.1. The number of carboxylic acid groups (broad SMARTS) is 1. The number of nitrogens with one attached hydrogen (secondary N) is 1. The summed E-state index contributed by atoms with van der Waals surface area (Å²) in [6.45, 7) is 3.90. The quantitative estimate of drug-likeness (QED) is 0.637. The third-order valence-corrected chi connectivity index (χ3v) is 9.04. The van der Waals surface area contributed by atoms with Gasteiger partial charge in [-0.25, -0.2) is 9.59 Å². The molecule has 2 fully saturated rings. The number of carbonyl (C=O) groups excluding carboxylic acids is 2. The number of hydrogen-bond acceptors (Lipinski definition) is 5. The van der Waals surface area contributed by atoms with E-state index in [0.717, 1.165) is 28.7 Å². The lowest BCUT2D eigenvalue weighted by Gasteiger charge is -2.37. The number of fused-ring (bicyclic) bond motifs is 3. The molecule has 2 aliphatic carbocycles. The topological polar surface area (TPSA) is 95.9 Å². The summed E-state index contributed by atoms with van der Waals surface area (Å²) in [5, 5.41) is 12.3. The van der Waals surface area contributed by atoms with E-state index in [4.69, 9.17) is 4.74 Å². The predicted molar refractivity (Wildman–Crippen MR) is 134 cm³/mol. The fourth-order valence-electron chi connectivity index (χ4n) is 5.87. The molecular weight excluding hydrogens is 464 g/mol. The van der Waals surface area contributed by atoms with E-state index in [1.165, 1.54) is 16.7 Å². The number of thioether (sulfide) groups is 1. The van der Waals surface area contributed by atoms with Gasteiger partial charge in [-0.15, -0.1) is 11.8 Å². The van der Waals surface area contributed by atoms with Crippen molar-refractivity contribution in [3.8, 4) is 11.1 Å². The van der Waals surface area contributed by atoms with Crippen LogP contribution in [-0.4, -0.2) is 57.8 Å². The van der Waals surface area contributed by atoms with E-state index >= 15 is 0 Å². The first-order chi connectivity index (χ1) is 16.8. The highest BCUT2D eigenvalue weighted by molar-refractivity contribution is 8.00. The monoisotopic (exact) mass is 494 g/mol. The lowest BCUT2D eigenvalue weighted by atomic mass is 9.82. The fraction of sp³-hybridized carbons (Fsp3) is 0.444. The van der Waals surface area contributed by atoms with Gasteiger partial charge in [0.2, 0.25) is 5.91 Å². The minimum Gasteiger partial charge on any atom is -0.480 e. The van der Waals surface area contributed by atoms with Crippen LogP contribution in [0.15, 0.2) is 48.5 Å². The molecule has 7 nitrogen and oxygen atoms in total. The fourth-order valence-corrected chi connectivity index (χ4v) is 7.04. The van der Waals surface area contributed by atoms with Crippen LogP contribution in [0, 0.1) is 5.41 Å². The molecule has 1 aliphatic heterocycles. The first kappa shape index (κ1) is 23.7. The van der Waals surface area contributed by atoms with Gasteiger partial charge in [0.25, 0.3) is 0 Å². The molecule has 1 saturated heterocycles. The molecule has 2 N–H and O–H groups in total. The Morgan fingerprint density at radius 1 is 1.11 bits per heavy atom. The first-order valence-electron chi connectivity index (χ1n) is 12.1. The Labute approximate surface area is 209 Å². The van der Waals surface area contributed by atoms with Crippen LogP contribution in [0.2, 0.25) is 0 Å². The standard InChI is InChI=1S/C27H30N2O5S/c1-16-29(22(15-35-16)24(30)31)25(32)27(2)13-7-12-23(27)28-26(33)34-14-21-19-10-5-3-8-17(19)18-9-4-6-11-20(18)21/h3-6,8-11,16,21-23H,7,12-15H2,1-2H3,(H,28,33)(H,30,31). The molecule has 2 aromatic rings. The van der Waals surface area contributed by atoms with Crippen LogP contribution in [0.5, 0.6) is 0 Å². The van der Waals surface area contributed by atoms with Gasteiger partial charge < -0.3 is 20.1 Å². The second-order valence-electron chi connectivity index (χ2n) is 9.83. The average molecular weight is 495 g/mol. The maximum Gasteiger partial charge on any atom is 0.407 e. The SMILES string of the molecule is CC1SCC(C(=O)O)N1C(=O)C1(C)CCCC1NC(=O)OCC1c2ccccc2-c2ccccc21. The zero-order valence-corrected chi connectivity index (χ0v) is 20.7. The summed E-state index contributed by atoms with van der Waals surface area (Å²) >= 11 is 1.47. The molecular formula is C27H30N2O5S. The van der Waals surface area contributed by atoms with Gasteiger partial charge in [-0.3, -0.25) is 4.79 Å². The number of carboxylic acids is 1. The van der Waals surface area contributed by atoms with Crippen molar-refractivity contribution in [3.63, 3.8) is 0 Å². The second kappa shape index (κ2) is 9.22. The molecule has 35 heavy (non-hydrogen) atoms. The van der Waals surface area contributed by atoms with E-state index in [2.05, 4.69) is 29.6 Å². The summed E-state index contributed by atoms with van der Waals surface area (Å²) in [6.07, 6.45) is 1.49. The van der Waals surface area contributed by atoms with E-state index in [1.807, 2.05) is 38.1 Å². The predicted octanol–water partition coefficient (Wildman–Crippen LogP) is 4.46. The first-order valence-corrected chi connectivity index (χ1v) is 13.1. The highest BCUT2D eigenvalue weighted by Crippen LogP contribution is 2.45. The molecule has 4 atom stereocenters.